The molecule has 1 saturated heterocycles. The van der Waals surface area contributed by atoms with E-state index in [1.165, 1.54) is 33.5 Å². The molecule has 7 heteroatoms. The van der Waals surface area contributed by atoms with Crippen LogP contribution in [0.15, 0.2) is 12.1 Å². The Bertz CT molecular complexity index is 570. The summed E-state index contributed by atoms with van der Waals surface area (Å²) in [5.74, 6) is 0.313. The Labute approximate surface area is 141 Å². The van der Waals surface area contributed by atoms with Gasteiger partial charge in [-0.2, -0.15) is 0 Å². The summed E-state index contributed by atoms with van der Waals surface area (Å²) >= 11 is 0. The second-order valence-electron chi connectivity index (χ2n) is 5.43. The molecular weight excluding hydrogens is 314 g/mol. The summed E-state index contributed by atoms with van der Waals surface area (Å²) in [4.78, 5) is 26.0. The van der Waals surface area contributed by atoms with Crippen LogP contribution in [-0.4, -0.2) is 57.8 Å². The summed E-state index contributed by atoms with van der Waals surface area (Å²) in [6, 6.07) is 2.99. The van der Waals surface area contributed by atoms with Crippen LogP contribution in [0.2, 0.25) is 0 Å². The van der Waals surface area contributed by atoms with Crippen LogP contribution in [0.4, 0.5) is 0 Å². The van der Waals surface area contributed by atoms with Crippen LogP contribution >= 0.6 is 0 Å². The van der Waals surface area contributed by atoms with Crippen molar-refractivity contribution in [3.8, 4) is 17.2 Å². The monoisotopic (exact) mass is 337 g/mol. The second kappa shape index (κ2) is 8.42. The fourth-order valence-electron chi connectivity index (χ4n) is 2.64. The first kappa shape index (κ1) is 17.9. The third kappa shape index (κ3) is 4.10. The molecule has 0 atom stereocenters. The first-order valence-electron chi connectivity index (χ1n) is 7.85. The number of carbonyl (C=O) groups excluding carboxylic acids is 2. The van der Waals surface area contributed by atoms with E-state index in [2.05, 4.69) is 0 Å². The van der Waals surface area contributed by atoms with E-state index >= 15 is 0 Å². The normalized spacial score (nSPS) is 14.0. The van der Waals surface area contributed by atoms with Crippen LogP contribution in [0.5, 0.6) is 17.2 Å². The molecule has 0 spiro atoms. The quantitative estimate of drug-likeness (QED) is 0.738. The second-order valence-corrected chi connectivity index (χ2v) is 5.43. The highest BCUT2D eigenvalue weighted by atomic mass is 16.5. The summed E-state index contributed by atoms with van der Waals surface area (Å²) < 4.78 is 20.7. The molecule has 0 aromatic heterocycles. The lowest BCUT2D eigenvalue weighted by Crippen LogP contribution is -2.38. The number of methoxy groups -OCH3 is 3. The molecule has 0 unspecified atom stereocenters. The van der Waals surface area contributed by atoms with E-state index in [1.807, 2.05) is 0 Å². The number of hydrogen-bond donors (Lipinski definition) is 0. The number of esters is 1. The zero-order chi connectivity index (χ0) is 17.5. The maximum absolute atomic E-state index is 12.2. The minimum atomic E-state index is -0.611. The van der Waals surface area contributed by atoms with Gasteiger partial charge >= 0.3 is 5.97 Å². The van der Waals surface area contributed by atoms with Crippen LogP contribution in [0.3, 0.4) is 0 Å². The van der Waals surface area contributed by atoms with E-state index in [0.717, 1.165) is 32.4 Å². The highest BCUT2D eigenvalue weighted by molar-refractivity contribution is 5.92. The van der Waals surface area contributed by atoms with Crippen LogP contribution in [0.1, 0.15) is 29.6 Å². The lowest BCUT2D eigenvalue weighted by molar-refractivity contribution is -0.135. The lowest BCUT2D eigenvalue weighted by Gasteiger charge is -2.26. The lowest BCUT2D eigenvalue weighted by atomic mass is 10.1. The fourth-order valence-corrected chi connectivity index (χ4v) is 2.64. The molecule has 132 valence electrons. The van der Waals surface area contributed by atoms with Gasteiger partial charge in [-0.05, 0) is 31.4 Å². The van der Waals surface area contributed by atoms with Crippen molar-refractivity contribution in [1.29, 1.82) is 0 Å². The van der Waals surface area contributed by atoms with Gasteiger partial charge < -0.3 is 23.8 Å². The molecule has 0 aliphatic carbocycles. The Kier molecular flexibility index (Phi) is 6.28. The minimum absolute atomic E-state index is 0.171. The number of nitrogens with zero attached hydrogens (tertiary/aromatic N) is 1. The summed E-state index contributed by atoms with van der Waals surface area (Å²) in [7, 11) is 4.41. The van der Waals surface area contributed by atoms with Gasteiger partial charge in [0, 0.05) is 13.1 Å². The zero-order valence-electron chi connectivity index (χ0n) is 14.3. The van der Waals surface area contributed by atoms with Gasteiger partial charge in [0.1, 0.15) is 0 Å². The number of ether oxygens (including phenoxy) is 4. The third-order valence-electron chi connectivity index (χ3n) is 3.94. The van der Waals surface area contributed by atoms with Crippen molar-refractivity contribution < 1.29 is 28.5 Å². The molecule has 1 aliphatic heterocycles. The first-order valence-corrected chi connectivity index (χ1v) is 7.85. The van der Waals surface area contributed by atoms with E-state index in [-0.39, 0.29) is 18.1 Å². The topological polar surface area (TPSA) is 74.3 Å². The van der Waals surface area contributed by atoms with Crippen molar-refractivity contribution in [2.75, 3.05) is 41.0 Å². The smallest absolute Gasteiger partial charge is 0.338 e. The molecule has 0 saturated carbocycles. The summed E-state index contributed by atoms with van der Waals surface area (Å²) in [6.07, 6.45) is 3.12. The van der Waals surface area contributed by atoms with Gasteiger partial charge in [-0.1, -0.05) is 0 Å². The molecule has 1 heterocycles. The molecule has 0 bridgehead atoms. The Balaban J connectivity index is 2.05. The van der Waals surface area contributed by atoms with Crippen LogP contribution in [0, 0.1) is 0 Å². The van der Waals surface area contributed by atoms with E-state index in [4.69, 9.17) is 18.9 Å². The van der Waals surface area contributed by atoms with Crippen molar-refractivity contribution in [2.24, 2.45) is 0 Å². The molecule has 1 fully saturated rings. The highest BCUT2D eigenvalue weighted by Gasteiger charge is 2.21. The molecule has 1 aromatic carbocycles. The van der Waals surface area contributed by atoms with E-state index in [9.17, 15) is 9.59 Å². The van der Waals surface area contributed by atoms with Crippen molar-refractivity contribution in [3.63, 3.8) is 0 Å². The molecule has 0 radical (unpaired) electrons. The molecule has 1 aliphatic rings. The van der Waals surface area contributed by atoms with Gasteiger partial charge in [0.25, 0.3) is 5.91 Å². The number of piperidine rings is 1. The predicted molar refractivity (Wildman–Crippen MR) is 86.8 cm³/mol. The molecule has 7 nitrogen and oxygen atoms in total. The Hall–Kier alpha value is -2.44. The molecule has 2 rings (SSSR count). The van der Waals surface area contributed by atoms with Crippen molar-refractivity contribution in [1.82, 2.24) is 4.90 Å². The maximum Gasteiger partial charge on any atom is 0.338 e. The standard InChI is InChI=1S/C17H23NO6/c1-21-13-9-12(10-14(22-2)16(13)23-3)17(20)24-11-15(19)18-7-5-4-6-8-18/h9-10H,4-8,11H2,1-3H3. The number of amides is 1. The van der Waals surface area contributed by atoms with E-state index in [1.54, 1.807) is 4.90 Å². The average Bonchev–Trinajstić information content (AvgIpc) is 2.65. The summed E-state index contributed by atoms with van der Waals surface area (Å²) in [6.45, 7) is 1.18. The highest BCUT2D eigenvalue weighted by Crippen LogP contribution is 2.38. The van der Waals surface area contributed by atoms with E-state index < -0.39 is 5.97 Å². The molecule has 1 amide bonds. The third-order valence-corrected chi connectivity index (χ3v) is 3.94. The zero-order valence-corrected chi connectivity index (χ0v) is 14.3. The van der Waals surface area contributed by atoms with Gasteiger partial charge in [0.05, 0.1) is 26.9 Å². The van der Waals surface area contributed by atoms with Crippen molar-refractivity contribution in [3.05, 3.63) is 17.7 Å². The van der Waals surface area contributed by atoms with Crippen LogP contribution in [-0.2, 0) is 9.53 Å². The molecule has 1 aromatic rings. The first-order chi connectivity index (χ1) is 11.6. The number of carbonyl (C=O) groups is 2. The molecule has 24 heavy (non-hydrogen) atoms. The minimum Gasteiger partial charge on any atom is -0.493 e. The fraction of sp³-hybridized carbons (Fsp3) is 0.529. The maximum atomic E-state index is 12.2. The van der Waals surface area contributed by atoms with E-state index in [0.29, 0.717) is 17.2 Å². The predicted octanol–water partition coefficient (Wildman–Crippen LogP) is 1.88. The number of benzene rings is 1. The van der Waals surface area contributed by atoms with Gasteiger partial charge in [0.2, 0.25) is 5.75 Å². The van der Waals surface area contributed by atoms with Gasteiger partial charge in [-0.25, -0.2) is 4.79 Å². The number of rotatable bonds is 6. The van der Waals surface area contributed by atoms with Gasteiger partial charge in [0.15, 0.2) is 18.1 Å². The SMILES string of the molecule is COc1cc(C(=O)OCC(=O)N2CCCCC2)cc(OC)c1OC. The Morgan fingerprint density at radius 3 is 2.04 bits per heavy atom. The Morgan fingerprint density at radius 2 is 1.54 bits per heavy atom. The summed E-state index contributed by atoms with van der Waals surface area (Å²) in [5.41, 5.74) is 0.232. The number of hydrogen-bond acceptors (Lipinski definition) is 6. The van der Waals surface area contributed by atoms with Crippen molar-refractivity contribution in [2.45, 2.75) is 19.3 Å². The Morgan fingerprint density at radius 1 is 0.958 bits per heavy atom. The largest absolute Gasteiger partial charge is 0.493 e. The molecular formula is C17H23NO6. The van der Waals surface area contributed by atoms with Crippen LogP contribution in [0.25, 0.3) is 0 Å². The van der Waals surface area contributed by atoms with Gasteiger partial charge in [-0.3, -0.25) is 4.79 Å². The summed E-state index contributed by atoms with van der Waals surface area (Å²) in [5, 5.41) is 0. The number of likely N-dealkylation sites (tertiary alicyclic amines) is 1. The van der Waals surface area contributed by atoms with Crippen molar-refractivity contribution >= 4 is 11.9 Å². The van der Waals surface area contributed by atoms with Gasteiger partial charge in [-0.15, -0.1) is 0 Å². The molecule has 0 N–H and O–H groups in total. The van der Waals surface area contributed by atoms with Crippen LogP contribution < -0.4 is 14.2 Å². The average molecular weight is 337 g/mol.